The summed E-state index contributed by atoms with van der Waals surface area (Å²) in [7, 11) is 0. The number of halogens is 2. The fraction of sp³-hybridized carbons (Fsp3) is 0.263. The number of carboxylic acids is 1. The van der Waals surface area contributed by atoms with Crippen LogP contribution in [0.4, 0.5) is 5.69 Å². The van der Waals surface area contributed by atoms with Crippen molar-refractivity contribution in [3.8, 4) is 5.75 Å². The summed E-state index contributed by atoms with van der Waals surface area (Å²) in [5.41, 5.74) is 3.60. The summed E-state index contributed by atoms with van der Waals surface area (Å²) in [6.45, 7) is 3.76. The number of benzene rings is 2. The molecule has 2 aromatic carbocycles. The highest BCUT2D eigenvalue weighted by Crippen LogP contribution is 2.35. The standard InChI is InChI=1S/C19H19Br2NO4/c1-11-5-14(7-15(6-11)22-12(2)23)10-26-19-16(20)8-13(9-17(19)21)3-4-18(24)25/h5-9H,3-4,10H2,1-2H3,(H,22,23)(H,24,25). The van der Waals surface area contributed by atoms with E-state index in [9.17, 15) is 9.59 Å². The van der Waals surface area contributed by atoms with Gasteiger partial charge in [0, 0.05) is 19.0 Å². The Kier molecular flexibility index (Phi) is 7.23. The van der Waals surface area contributed by atoms with Gasteiger partial charge in [0.25, 0.3) is 0 Å². The molecule has 2 rings (SSSR count). The van der Waals surface area contributed by atoms with Crippen molar-refractivity contribution in [1.29, 1.82) is 0 Å². The second-order valence-corrected chi connectivity index (χ2v) is 7.67. The number of ether oxygens (including phenoxy) is 1. The van der Waals surface area contributed by atoms with Gasteiger partial charge in [0.2, 0.25) is 5.91 Å². The van der Waals surface area contributed by atoms with Crippen molar-refractivity contribution in [2.24, 2.45) is 0 Å². The number of carboxylic acid groups (broad SMARTS) is 1. The number of hydrogen-bond acceptors (Lipinski definition) is 3. The Morgan fingerprint density at radius 2 is 1.73 bits per heavy atom. The van der Waals surface area contributed by atoms with Crippen molar-refractivity contribution in [2.45, 2.75) is 33.3 Å². The molecule has 5 nitrogen and oxygen atoms in total. The quantitative estimate of drug-likeness (QED) is 0.574. The monoisotopic (exact) mass is 483 g/mol. The fourth-order valence-corrected chi connectivity index (χ4v) is 4.03. The highest BCUT2D eigenvalue weighted by atomic mass is 79.9. The summed E-state index contributed by atoms with van der Waals surface area (Å²) in [6, 6.07) is 9.49. The Hall–Kier alpha value is -1.86. The summed E-state index contributed by atoms with van der Waals surface area (Å²) >= 11 is 6.96. The largest absolute Gasteiger partial charge is 0.487 e. The summed E-state index contributed by atoms with van der Waals surface area (Å²) in [5, 5.41) is 11.6. The van der Waals surface area contributed by atoms with Gasteiger partial charge in [-0.15, -0.1) is 0 Å². The number of aliphatic carboxylic acids is 1. The molecule has 0 bridgehead atoms. The minimum absolute atomic E-state index is 0.0777. The number of hydrogen-bond donors (Lipinski definition) is 2. The molecular weight excluding hydrogens is 466 g/mol. The SMILES string of the molecule is CC(=O)Nc1cc(C)cc(COc2c(Br)cc(CCC(=O)O)cc2Br)c1. The van der Waals surface area contributed by atoms with Crippen molar-refractivity contribution >= 4 is 49.4 Å². The Morgan fingerprint density at radius 3 is 2.31 bits per heavy atom. The van der Waals surface area contributed by atoms with Crippen molar-refractivity contribution in [1.82, 2.24) is 0 Å². The predicted molar refractivity (Wildman–Crippen MR) is 108 cm³/mol. The van der Waals surface area contributed by atoms with Crippen LogP contribution in [-0.4, -0.2) is 17.0 Å². The molecule has 0 heterocycles. The number of anilines is 1. The van der Waals surface area contributed by atoms with Crippen LogP contribution in [0, 0.1) is 6.92 Å². The fourth-order valence-electron chi connectivity index (χ4n) is 2.52. The Balaban J connectivity index is 2.13. The number of rotatable bonds is 7. The van der Waals surface area contributed by atoms with Gasteiger partial charge in [-0.1, -0.05) is 6.07 Å². The molecule has 2 N–H and O–H groups in total. The maximum atomic E-state index is 11.2. The summed E-state index contributed by atoms with van der Waals surface area (Å²) < 4.78 is 7.43. The van der Waals surface area contributed by atoms with Gasteiger partial charge in [0.05, 0.1) is 8.95 Å². The minimum Gasteiger partial charge on any atom is -0.487 e. The number of aryl methyl sites for hydroxylation is 2. The zero-order valence-corrected chi connectivity index (χ0v) is 17.6. The molecule has 0 radical (unpaired) electrons. The van der Waals surface area contributed by atoms with Gasteiger partial charge in [-0.3, -0.25) is 9.59 Å². The third-order valence-electron chi connectivity index (χ3n) is 3.53. The predicted octanol–water partition coefficient (Wildman–Crippen LogP) is 5.07. The molecule has 0 unspecified atom stereocenters. The molecular formula is C19H19Br2NO4. The van der Waals surface area contributed by atoms with Gasteiger partial charge >= 0.3 is 5.97 Å². The highest BCUT2D eigenvalue weighted by molar-refractivity contribution is 9.11. The number of amides is 1. The van der Waals surface area contributed by atoms with Crippen LogP contribution in [0.1, 0.15) is 30.0 Å². The smallest absolute Gasteiger partial charge is 0.303 e. The molecule has 1 amide bonds. The van der Waals surface area contributed by atoms with Gasteiger partial charge in [0.1, 0.15) is 12.4 Å². The van der Waals surface area contributed by atoms with Crippen molar-refractivity contribution < 1.29 is 19.4 Å². The van der Waals surface area contributed by atoms with Crippen LogP contribution >= 0.6 is 31.9 Å². The van der Waals surface area contributed by atoms with Gasteiger partial charge in [-0.25, -0.2) is 0 Å². The van der Waals surface area contributed by atoms with Gasteiger partial charge in [-0.05, 0) is 86.2 Å². The average molecular weight is 485 g/mol. The van der Waals surface area contributed by atoms with Crippen LogP contribution in [0.15, 0.2) is 39.3 Å². The van der Waals surface area contributed by atoms with Crippen LogP contribution in [-0.2, 0) is 22.6 Å². The third kappa shape index (κ3) is 6.14. The lowest BCUT2D eigenvalue weighted by molar-refractivity contribution is -0.137. The van der Waals surface area contributed by atoms with Crippen molar-refractivity contribution in [3.05, 3.63) is 56.0 Å². The van der Waals surface area contributed by atoms with Crippen LogP contribution in [0.25, 0.3) is 0 Å². The van der Waals surface area contributed by atoms with E-state index < -0.39 is 5.97 Å². The molecule has 0 fully saturated rings. The summed E-state index contributed by atoms with van der Waals surface area (Å²) in [6.07, 6.45) is 0.527. The van der Waals surface area contributed by atoms with E-state index in [1.54, 1.807) is 0 Å². The molecule has 0 saturated heterocycles. The Morgan fingerprint density at radius 1 is 1.08 bits per heavy atom. The molecule has 0 spiro atoms. The van der Waals surface area contributed by atoms with E-state index in [2.05, 4.69) is 37.2 Å². The maximum Gasteiger partial charge on any atom is 0.303 e. The minimum atomic E-state index is -0.827. The third-order valence-corrected chi connectivity index (χ3v) is 4.70. The lowest BCUT2D eigenvalue weighted by atomic mass is 10.1. The summed E-state index contributed by atoms with van der Waals surface area (Å²) in [5.74, 6) is -0.302. The van der Waals surface area contributed by atoms with Crippen LogP contribution in [0.5, 0.6) is 5.75 Å². The molecule has 0 aromatic heterocycles. The highest BCUT2D eigenvalue weighted by Gasteiger charge is 2.11. The van der Waals surface area contributed by atoms with Crippen molar-refractivity contribution in [2.75, 3.05) is 5.32 Å². The van der Waals surface area contributed by atoms with E-state index in [-0.39, 0.29) is 12.3 Å². The molecule has 0 aliphatic heterocycles. The Labute approximate surface area is 169 Å². The molecule has 0 saturated carbocycles. The molecule has 2 aromatic rings. The topological polar surface area (TPSA) is 75.6 Å². The molecule has 7 heteroatoms. The normalized spacial score (nSPS) is 10.5. The Bertz CT molecular complexity index is 813. The van der Waals surface area contributed by atoms with E-state index in [4.69, 9.17) is 9.84 Å². The molecule has 0 aliphatic rings. The van der Waals surface area contributed by atoms with Gasteiger partial charge < -0.3 is 15.2 Å². The first-order chi connectivity index (χ1) is 12.2. The first-order valence-corrected chi connectivity index (χ1v) is 9.54. The van der Waals surface area contributed by atoms with Crippen molar-refractivity contribution in [3.63, 3.8) is 0 Å². The molecule has 0 atom stereocenters. The second kappa shape index (κ2) is 9.19. The van der Waals surface area contributed by atoms with E-state index in [0.29, 0.717) is 18.8 Å². The summed E-state index contributed by atoms with van der Waals surface area (Å²) in [4.78, 5) is 22.0. The lowest BCUT2D eigenvalue weighted by Gasteiger charge is -2.13. The molecule has 138 valence electrons. The van der Waals surface area contributed by atoms with Crippen LogP contribution < -0.4 is 10.1 Å². The van der Waals surface area contributed by atoms with E-state index in [1.807, 2.05) is 37.3 Å². The first-order valence-electron chi connectivity index (χ1n) is 7.95. The maximum absolute atomic E-state index is 11.2. The zero-order valence-electron chi connectivity index (χ0n) is 14.4. The van der Waals surface area contributed by atoms with Crippen LogP contribution in [0.2, 0.25) is 0 Å². The molecule has 26 heavy (non-hydrogen) atoms. The zero-order chi connectivity index (χ0) is 19.3. The number of nitrogens with one attached hydrogen (secondary N) is 1. The number of carbonyl (C=O) groups excluding carboxylic acids is 1. The van der Waals surface area contributed by atoms with E-state index in [1.165, 1.54) is 6.92 Å². The second-order valence-electron chi connectivity index (χ2n) is 5.96. The van der Waals surface area contributed by atoms with Gasteiger partial charge in [-0.2, -0.15) is 0 Å². The van der Waals surface area contributed by atoms with Crippen LogP contribution in [0.3, 0.4) is 0 Å². The van der Waals surface area contributed by atoms with E-state index >= 15 is 0 Å². The van der Waals surface area contributed by atoms with E-state index in [0.717, 1.165) is 31.3 Å². The van der Waals surface area contributed by atoms with Gasteiger partial charge in [0.15, 0.2) is 0 Å². The average Bonchev–Trinajstić information content (AvgIpc) is 2.50. The first kappa shape index (κ1) is 20.5. The number of carbonyl (C=O) groups is 2. The lowest BCUT2D eigenvalue weighted by Crippen LogP contribution is -2.07. The molecule has 0 aliphatic carbocycles.